The maximum absolute atomic E-state index is 5.70. The Bertz CT molecular complexity index is 242. The highest BCUT2D eigenvalue weighted by molar-refractivity contribution is 7.80. The lowest BCUT2D eigenvalue weighted by atomic mass is 9.91. The topological polar surface area (TPSA) is 29.3 Å². The summed E-state index contributed by atoms with van der Waals surface area (Å²) < 4.78 is 0. The third-order valence-corrected chi connectivity index (χ3v) is 4.50. The first-order valence-corrected chi connectivity index (χ1v) is 6.62. The molecule has 0 aromatic heterocycles. The van der Waals surface area contributed by atoms with Gasteiger partial charge in [0, 0.05) is 18.5 Å². The van der Waals surface area contributed by atoms with Gasteiger partial charge in [0.1, 0.15) is 0 Å². The molecule has 1 heterocycles. The van der Waals surface area contributed by atoms with Gasteiger partial charge in [-0.1, -0.05) is 25.6 Å². The molecular formula is C12H22N2S. The first kappa shape index (κ1) is 11.3. The first-order valence-electron chi connectivity index (χ1n) is 6.22. The fourth-order valence-electron chi connectivity index (χ4n) is 3.23. The Hall–Kier alpha value is -0.150. The van der Waals surface area contributed by atoms with E-state index in [-0.39, 0.29) is 0 Å². The van der Waals surface area contributed by atoms with Crippen LogP contribution in [0.1, 0.15) is 39.0 Å². The zero-order valence-corrected chi connectivity index (χ0v) is 10.4. The van der Waals surface area contributed by atoms with Gasteiger partial charge in [-0.3, -0.25) is 4.90 Å². The number of thiocarbonyl (C=S) groups is 1. The summed E-state index contributed by atoms with van der Waals surface area (Å²) in [4.78, 5) is 3.32. The van der Waals surface area contributed by atoms with Gasteiger partial charge in [0.05, 0.1) is 4.99 Å². The Morgan fingerprint density at radius 1 is 1.40 bits per heavy atom. The summed E-state index contributed by atoms with van der Waals surface area (Å²) in [7, 11) is 0. The first-order chi connectivity index (χ1) is 7.18. The number of rotatable bonds is 3. The number of nitrogens with zero attached hydrogens (tertiary/aromatic N) is 1. The molecule has 2 rings (SSSR count). The molecule has 2 aliphatic rings. The van der Waals surface area contributed by atoms with Crippen LogP contribution in [0.2, 0.25) is 0 Å². The lowest BCUT2D eigenvalue weighted by Crippen LogP contribution is -2.46. The minimum Gasteiger partial charge on any atom is -0.393 e. The van der Waals surface area contributed by atoms with Crippen molar-refractivity contribution in [3.05, 3.63) is 0 Å². The molecule has 0 amide bonds. The quantitative estimate of drug-likeness (QED) is 0.748. The molecule has 1 aliphatic heterocycles. The van der Waals surface area contributed by atoms with Crippen LogP contribution in [0, 0.1) is 11.8 Å². The predicted molar refractivity (Wildman–Crippen MR) is 67.9 cm³/mol. The van der Waals surface area contributed by atoms with E-state index in [1.54, 1.807) is 0 Å². The van der Waals surface area contributed by atoms with E-state index in [4.69, 9.17) is 18.0 Å². The van der Waals surface area contributed by atoms with Crippen molar-refractivity contribution in [3.8, 4) is 0 Å². The summed E-state index contributed by atoms with van der Waals surface area (Å²) in [6, 6.07) is 0.843. The summed E-state index contributed by atoms with van der Waals surface area (Å²) in [5.41, 5.74) is 5.70. The smallest absolute Gasteiger partial charge is 0.0768 e. The zero-order chi connectivity index (χ0) is 10.8. The van der Waals surface area contributed by atoms with Crippen LogP contribution in [0.25, 0.3) is 0 Å². The van der Waals surface area contributed by atoms with E-state index in [0.717, 1.165) is 18.5 Å². The molecule has 0 radical (unpaired) electrons. The minimum absolute atomic E-state index is 0.374. The molecule has 2 fully saturated rings. The van der Waals surface area contributed by atoms with Gasteiger partial charge in [0.25, 0.3) is 0 Å². The molecule has 86 valence electrons. The van der Waals surface area contributed by atoms with Crippen LogP contribution in [0.4, 0.5) is 0 Å². The van der Waals surface area contributed by atoms with Crippen molar-refractivity contribution in [2.45, 2.75) is 45.1 Å². The van der Waals surface area contributed by atoms with Crippen LogP contribution in [-0.4, -0.2) is 29.0 Å². The highest BCUT2D eigenvalue weighted by Crippen LogP contribution is 2.36. The van der Waals surface area contributed by atoms with Gasteiger partial charge in [0.15, 0.2) is 0 Å². The van der Waals surface area contributed by atoms with E-state index in [2.05, 4.69) is 11.8 Å². The van der Waals surface area contributed by atoms with Crippen molar-refractivity contribution in [1.82, 2.24) is 4.90 Å². The van der Waals surface area contributed by atoms with Gasteiger partial charge >= 0.3 is 0 Å². The molecule has 0 aromatic rings. The van der Waals surface area contributed by atoms with Crippen molar-refractivity contribution in [2.75, 3.05) is 13.1 Å². The second kappa shape index (κ2) is 4.79. The molecule has 0 aromatic carbocycles. The maximum Gasteiger partial charge on any atom is 0.0768 e. The Balaban J connectivity index is 1.93. The molecule has 2 nitrogen and oxygen atoms in total. The Morgan fingerprint density at radius 2 is 2.13 bits per heavy atom. The Kier molecular flexibility index (Phi) is 3.62. The standard InChI is InChI=1S/C12H22N2S/c1-9(12(13)15)8-14-7-3-5-10-4-2-6-11(10)14/h9-11H,2-8H2,1H3,(H2,13,15). The van der Waals surface area contributed by atoms with E-state index in [0.29, 0.717) is 10.9 Å². The fraction of sp³-hybridized carbons (Fsp3) is 0.917. The van der Waals surface area contributed by atoms with Gasteiger partial charge in [-0.05, 0) is 38.1 Å². The van der Waals surface area contributed by atoms with Crippen LogP contribution in [0.15, 0.2) is 0 Å². The molecule has 0 bridgehead atoms. The predicted octanol–water partition coefficient (Wildman–Crippen LogP) is 2.17. The lowest BCUT2D eigenvalue weighted by molar-refractivity contribution is 0.106. The van der Waals surface area contributed by atoms with Crippen molar-refractivity contribution in [3.63, 3.8) is 0 Å². The molecule has 3 unspecified atom stereocenters. The molecule has 1 aliphatic carbocycles. The average molecular weight is 226 g/mol. The third-order valence-electron chi connectivity index (χ3n) is 4.10. The monoisotopic (exact) mass is 226 g/mol. The molecule has 15 heavy (non-hydrogen) atoms. The zero-order valence-electron chi connectivity index (χ0n) is 9.61. The second-order valence-electron chi connectivity index (χ2n) is 5.20. The number of nitrogens with two attached hydrogens (primary N) is 1. The SMILES string of the molecule is CC(CN1CCCC2CCCC21)C(N)=S. The van der Waals surface area contributed by atoms with Gasteiger partial charge in [0.2, 0.25) is 0 Å². The molecule has 3 atom stereocenters. The van der Waals surface area contributed by atoms with E-state index in [9.17, 15) is 0 Å². The molecule has 2 N–H and O–H groups in total. The van der Waals surface area contributed by atoms with Crippen LogP contribution in [-0.2, 0) is 0 Å². The summed E-state index contributed by atoms with van der Waals surface area (Å²) in [6.45, 7) is 4.49. The second-order valence-corrected chi connectivity index (χ2v) is 5.67. The van der Waals surface area contributed by atoms with E-state index >= 15 is 0 Å². The number of piperidine rings is 1. The molecular weight excluding hydrogens is 204 g/mol. The maximum atomic E-state index is 5.70. The minimum atomic E-state index is 0.374. The lowest BCUT2D eigenvalue weighted by Gasteiger charge is -2.39. The summed E-state index contributed by atoms with van der Waals surface area (Å²) in [5, 5.41) is 0. The Morgan fingerprint density at radius 3 is 2.87 bits per heavy atom. The Labute approximate surface area is 98.2 Å². The van der Waals surface area contributed by atoms with Crippen molar-refractivity contribution in [2.24, 2.45) is 17.6 Å². The fourth-order valence-corrected chi connectivity index (χ4v) is 3.30. The highest BCUT2D eigenvalue weighted by Gasteiger charge is 2.35. The number of fused-ring (bicyclic) bond motifs is 1. The number of likely N-dealkylation sites (tertiary alicyclic amines) is 1. The van der Waals surface area contributed by atoms with E-state index in [1.807, 2.05) is 0 Å². The van der Waals surface area contributed by atoms with Crippen molar-refractivity contribution < 1.29 is 0 Å². The van der Waals surface area contributed by atoms with Gasteiger partial charge in [-0.25, -0.2) is 0 Å². The van der Waals surface area contributed by atoms with Crippen LogP contribution < -0.4 is 5.73 Å². The van der Waals surface area contributed by atoms with Gasteiger partial charge < -0.3 is 5.73 Å². The van der Waals surface area contributed by atoms with E-state index < -0.39 is 0 Å². The number of hydrogen-bond acceptors (Lipinski definition) is 2. The van der Waals surface area contributed by atoms with Crippen LogP contribution in [0.5, 0.6) is 0 Å². The summed E-state index contributed by atoms with van der Waals surface area (Å²) >= 11 is 5.06. The molecule has 3 heteroatoms. The van der Waals surface area contributed by atoms with Crippen LogP contribution >= 0.6 is 12.2 Å². The van der Waals surface area contributed by atoms with Crippen LogP contribution in [0.3, 0.4) is 0 Å². The van der Waals surface area contributed by atoms with Gasteiger partial charge in [-0.2, -0.15) is 0 Å². The summed E-state index contributed by atoms with van der Waals surface area (Å²) in [6.07, 6.45) is 7.08. The normalized spacial score (nSPS) is 33.7. The van der Waals surface area contributed by atoms with E-state index in [1.165, 1.54) is 38.6 Å². The largest absolute Gasteiger partial charge is 0.393 e. The molecule has 1 saturated heterocycles. The van der Waals surface area contributed by atoms with Crippen molar-refractivity contribution in [1.29, 1.82) is 0 Å². The number of hydrogen-bond donors (Lipinski definition) is 1. The highest BCUT2D eigenvalue weighted by atomic mass is 32.1. The van der Waals surface area contributed by atoms with Crippen molar-refractivity contribution >= 4 is 17.2 Å². The van der Waals surface area contributed by atoms with Gasteiger partial charge in [-0.15, -0.1) is 0 Å². The third kappa shape index (κ3) is 2.51. The average Bonchev–Trinajstić information content (AvgIpc) is 2.66. The summed E-state index contributed by atoms with van der Waals surface area (Å²) in [5.74, 6) is 1.34. The molecule has 1 saturated carbocycles. The molecule has 0 spiro atoms.